The molecule has 0 bridgehead atoms. The fourth-order valence-electron chi connectivity index (χ4n) is 9.11. The number of nitrogens with zero attached hydrogens (tertiary/aromatic N) is 1. The molecule has 0 radical (unpaired) electrons. The Kier molecular flexibility index (Phi) is 7.06. The molecule has 2 nitrogen and oxygen atoms in total. The summed E-state index contributed by atoms with van der Waals surface area (Å²) in [6, 6.07) is 48.9. The van der Waals surface area contributed by atoms with Gasteiger partial charge in [0.1, 0.15) is 11.5 Å². The monoisotopic (exact) mass is 693 g/mol. The van der Waals surface area contributed by atoms with E-state index in [4.69, 9.17) is 4.74 Å². The average Bonchev–Trinajstić information content (AvgIpc) is 3.11. The molecule has 0 fully saturated rings. The van der Waals surface area contributed by atoms with Crippen LogP contribution in [-0.4, -0.2) is 14.8 Å². The molecule has 3 aliphatic rings. The number of hydrogen-bond acceptors (Lipinski definition) is 2. The van der Waals surface area contributed by atoms with E-state index in [0.717, 1.165) is 11.5 Å². The second kappa shape index (κ2) is 11.1. The summed E-state index contributed by atoms with van der Waals surface area (Å²) in [5, 5.41) is 5.75. The summed E-state index contributed by atoms with van der Waals surface area (Å²) in [5.74, 6) is 1.98. The summed E-state index contributed by atoms with van der Waals surface area (Å²) >= 11 is 0. The zero-order valence-electron chi connectivity index (χ0n) is 32.1. The highest BCUT2D eigenvalue weighted by Gasteiger charge is 2.56. The molecule has 0 saturated carbocycles. The van der Waals surface area contributed by atoms with E-state index in [1.807, 2.05) is 0 Å². The Morgan fingerprint density at radius 1 is 0.462 bits per heavy atom. The van der Waals surface area contributed by atoms with E-state index in [9.17, 15) is 0 Å². The third kappa shape index (κ3) is 4.69. The lowest BCUT2D eigenvalue weighted by atomic mass is 9.33. The zero-order valence-corrected chi connectivity index (χ0v) is 33.1. The van der Waals surface area contributed by atoms with Crippen LogP contribution >= 0.6 is 0 Å². The van der Waals surface area contributed by atoms with Gasteiger partial charge in [-0.25, -0.2) is 0 Å². The lowest BCUT2D eigenvalue weighted by Gasteiger charge is -2.49. The van der Waals surface area contributed by atoms with Gasteiger partial charge in [-0.3, -0.25) is 0 Å². The van der Waals surface area contributed by atoms with Crippen molar-refractivity contribution < 1.29 is 4.74 Å². The molecule has 6 aromatic rings. The predicted molar refractivity (Wildman–Crippen MR) is 226 cm³/mol. The Morgan fingerprint density at radius 3 is 1.54 bits per heavy atom. The van der Waals surface area contributed by atoms with E-state index in [1.165, 1.54) is 70.9 Å². The molecule has 9 rings (SSSR count). The van der Waals surface area contributed by atoms with Crippen molar-refractivity contribution >= 4 is 69.0 Å². The van der Waals surface area contributed by atoms with Gasteiger partial charge in [0.2, 0.25) is 0 Å². The first-order valence-corrected chi connectivity index (χ1v) is 20.9. The topological polar surface area (TPSA) is 12.5 Å². The van der Waals surface area contributed by atoms with Crippen molar-refractivity contribution in [2.75, 3.05) is 4.90 Å². The van der Waals surface area contributed by atoms with Crippen molar-refractivity contribution in [1.82, 2.24) is 0 Å². The highest BCUT2D eigenvalue weighted by molar-refractivity contribution is 7.27. The first-order valence-electron chi connectivity index (χ1n) is 18.9. The molecule has 0 atom stereocenters. The smallest absolute Gasteiger partial charge is 0.256 e. The summed E-state index contributed by atoms with van der Waals surface area (Å²) in [6.07, 6.45) is 0. The van der Waals surface area contributed by atoms with Gasteiger partial charge >= 0.3 is 0 Å². The first kappa shape index (κ1) is 33.1. The Labute approximate surface area is 311 Å². The number of hydrogen-bond donors (Lipinski definition) is 0. The molecule has 3 heterocycles. The van der Waals surface area contributed by atoms with Crippen molar-refractivity contribution in [2.24, 2.45) is 0 Å². The van der Waals surface area contributed by atoms with Crippen LogP contribution in [0.25, 0.3) is 0 Å². The fraction of sp³-hybridized carbons (Fsp3) is 0.250. The van der Waals surface area contributed by atoms with Crippen LogP contribution in [0, 0.1) is 0 Å². The number of rotatable bonds is 3. The second-order valence-electron chi connectivity index (χ2n) is 18.2. The number of anilines is 3. The predicted octanol–water partition coefficient (Wildman–Crippen LogP) is 7.68. The number of benzene rings is 6. The van der Waals surface area contributed by atoms with Crippen molar-refractivity contribution in [3.8, 4) is 11.5 Å². The molecule has 0 N–H and O–H groups in total. The molecule has 3 aliphatic heterocycles. The SMILES string of the molecule is CC(C)(C)c1cc(N2c3cccc4c3B3c5c(cc(C(C)(C)C)cc5[Si](c5ccccc5)(c5ccccc5)c5cccc2c53)O4)cc(C(C)(C)C)c1. The molecular formula is C48H48BNOSi. The van der Waals surface area contributed by atoms with Gasteiger partial charge in [0, 0.05) is 17.1 Å². The highest BCUT2D eigenvalue weighted by atomic mass is 28.3. The van der Waals surface area contributed by atoms with Crippen LogP contribution in [0.5, 0.6) is 11.5 Å². The van der Waals surface area contributed by atoms with Crippen molar-refractivity contribution in [3.63, 3.8) is 0 Å². The molecule has 0 saturated heterocycles. The quantitative estimate of drug-likeness (QED) is 0.176. The maximum atomic E-state index is 7.19. The fourth-order valence-corrected chi connectivity index (χ4v) is 14.4. The first-order chi connectivity index (χ1) is 24.7. The summed E-state index contributed by atoms with van der Waals surface area (Å²) in [6.45, 7) is 21.0. The van der Waals surface area contributed by atoms with Crippen LogP contribution < -0.4 is 46.8 Å². The maximum Gasteiger partial charge on any atom is 0.256 e. The van der Waals surface area contributed by atoms with Crippen LogP contribution in [0.2, 0.25) is 0 Å². The lowest BCUT2D eigenvalue weighted by Crippen LogP contribution is -2.88. The Hall–Kier alpha value is -4.80. The maximum absolute atomic E-state index is 7.19. The molecule has 0 unspecified atom stereocenters. The Balaban J connectivity index is 1.46. The van der Waals surface area contributed by atoms with Gasteiger partial charge in [0.05, 0.1) is 0 Å². The molecular weight excluding hydrogens is 645 g/mol. The second-order valence-corrected chi connectivity index (χ2v) is 22.0. The molecule has 6 aromatic carbocycles. The third-order valence-electron chi connectivity index (χ3n) is 11.8. The van der Waals surface area contributed by atoms with Crippen molar-refractivity contribution in [2.45, 2.75) is 78.6 Å². The summed E-state index contributed by atoms with van der Waals surface area (Å²) < 4.78 is 7.19. The Morgan fingerprint density at radius 2 is 0.981 bits per heavy atom. The van der Waals surface area contributed by atoms with Crippen molar-refractivity contribution in [3.05, 3.63) is 144 Å². The van der Waals surface area contributed by atoms with Crippen LogP contribution in [0.4, 0.5) is 17.1 Å². The van der Waals surface area contributed by atoms with E-state index in [1.54, 1.807) is 0 Å². The van der Waals surface area contributed by atoms with Gasteiger partial charge in [-0.2, -0.15) is 0 Å². The van der Waals surface area contributed by atoms with E-state index in [-0.39, 0.29) is 23.0 Å². The zero-order chi connectivity index (χ0) is 36.4. The summed E-state index contributed by atoms with van der Waals surface area (Å²) in [5.41, 5.74) is 11.7. The van der Waals surface area contributed by atoms with Gasteiger partial charge in [-0.05, 0) is 106 Å². The minimum Gasteiger partial charge on any atom is -0.458 e. The largest absolute Gasteiger partial charge is 0.458 e. The molecule has 0 aliphatic carbocycles. The standard InChI is InChI=1S/C48H48BNOSi/c1-46(2,3)31-26-32(47(4,5)6)28-34(27-31)50-37-22-16-24-39-43(37)49-44-38(50)23-17-25-41(44)52(35-18-12-10-13-19-35,36-20-14-11-15-21-36)42-30-33(48(7,8)9)29-40(51-39)45(42)49/h10-30H,1-9H3. The van der Waals surface area contributed by atoms with E-state index >= 15 is 0 Å². The molecule has 258 valence electrons. The molecule has 0 amide bonds. The molecule has 52 heavy (non-hydrogen) atoms. The molecule has 4 heteroatoms. The third-order valence-corrected chi connectivity index (χ3v) is 16.7. The van der Waals surface area contributed by atoms with Crippen LogP contribution in [0.1, 0.15) is 79.0 Å². The minimum atomic E-state index is -2.88. The van der Waals surface area contributed by atoms with Crippen LogP contribution in [-0.2, 0) is 16.2 Å². The minimum absolute atomic E-state index is 0.00896. The van der Waals surface area contributed by atoms with Crippen molar-refractivity contribution in [1.29, 1.82) is 0 Å². The van der Waals surface area contributed by atoms with Gasteiger partial charge in [-0.15, -0.1) is 0 Å². The lowest BCUT2D eigenvalue weighted by molar-refractivity contribution is 0.483. The van der Waals surface area contributed by atoms with E-state index in [2.05, 4.69) is 195 Å². The van der Waals surface area contributed by atoms with Gasteiger partial charge in [0.15, 0.2) is 8.07 Å². The van der Waals surface area contributed by atoms with Gasteiger partial charge < -0.3 is 9.64 Å². The van der Waals surface area contributed by atoms with E-state index in [0.29, 0.717) is 0 Å². The molecule has 0 spiro atoms. The normalized spacial score (nSPS) is 15.2. The van der Waals surface area contributed by atoms with E-state index < -0.39 is 8.07 Å². The van der Waals surface area contributed by atoms with Crippen LogP contribution in [0.15, 0.2) is 127 Å². The summed E-state index contributed by atoms with van der Waals surface area (Å²) in [7, 11) is -2.88. The van der Waals surface area contributed by atoms with Crippen LogP contribution in [0.3, 0.4) is 0 Å². The Bertz CT molecular complexity index is 2320. The average molecular weight is 694 g/mol. The summed E-state index contributed by atoms with van der Waals surface area (Å²) in [4.78, 5) is 2.57. The highest BCUT2D eigenvalue weighted by Crippen LogP contribution is 2.44. The number of ether oxygens (including phenoxy) is 1. The van der Waals surface area contributed by atoms with Gasteiger partial charge in [0.25, 0.3) is 6.71 Å². The molecule has 0 aromatic heterocycles. The van der Waals surface area contributed by atoms with Gasteiger partial charge in [-0.1, -0.05) is 153 Å².